The molecule has 0 amide bonds. The molecule has 0 fully saturated rings. The van der Waals surface area contributed by atoms with Gasteiger partial charge in [-0.25, -0.2) is 5.10 Å². The SMILES string of the molecule is CC1=NCCCCCCN=C(C)C1N=Nc1ncn[nH]1.O.[Cl][Ni].[Cl][Ni][Cl]. The van der Waals surface area contributed by atoms with E-state index in [0.717, 1.165) is 37.4 Å². The number of nitrogens with one attached hydrogen (secondary N) is 1. The van der Waals surface area contributed by atoms with Crippen molar-refractivity contribution in [3.63, 3.8) is 0 Å². The van der Waals surface area contributed by atoms with Gasteiger partial charge in [-0.2, -0.15) is 15.2 Å². The Morgan fingerprint density at radius 1 is 1.08 bits per heavy atom. The molecule has 0 unspecified atom stereocenters. The first-order chi connectivity index (χ1) is 12.2. The van der Waals surface area contributed by atoms with Crippen LogP contribution in [0.15, 0.2) is 26.5 Å². The van der Waals surface area contributed by atoms with Crippen LogP contribution in [0.1, 0.15) is 39.5 Å². The summed E-state index contributed by atoms with van der Waals surface area (Å²) in [5.41, 5.74) is 1.91. The molecule has 0 aliphatic carbocycles. The molecule has 1 aromatic heterocycles. The van der Waals surface area contributed by atoms with Gasteiger partial charge in [0.25, 0.3) is 5.95 Å². The Balaban J connectivity index is 0. The second-order valence-electron chi connectivity index (χ2n) is 4.93. The maximum absolute atomic E-state index is 4.70. The fourth-order valence-electron chi connectivity index (χ4n) is 2.09. The van der Waals surface area contributed by atoms with Gasteiger partial charge in [-0.1, -0.05) is 12.8 Å². The Bertz CT molecular complexity index is 506. The second kappa shape index (κ2) is 19.7. The van der Waals surface area contributed by atoms with E-state index >= 15 is 0 Å². The van der Waals surface area contributed by atoms with E-state index in [4.69, 9.17) is 20.4 Å². The Hall–Kier alpha value is -0.103. The van der Waals surface area contributed by atoms with Gasteiger partial charge in [0.05, 0.1) is 0 Å². The fraction of sp³-hybridized carbons (Fsp3) is 0.692. The number of H-pyrrole nitrogens is 1. The molecule has 2 rings (SSSR count). The van der Waals surface area contributed by atoms with Crippen molar-refractivity contribution in [3.05, 3.63) is 6.33 Å². The number of halogens is 3. The number of rotatable bonds is 2. The number of azo groups is 1. The first kappa shape index (κ1) is 28.1. The van der Waals surface area contributed by atoms with Crippen LogP contribution in [0.25, 0.3) is 0 Å². The molecule has 1 aliphatic heterocycles. The zero-order valence-electron chi connectivity index (χ0n) is 14.3. The van der Waals surface area contributed by atoms with Crippen LogP contribution in [-0.4, -0.2) is 51.2 Å². The number of aliphatic imine (C=N–C) groups is 2. The van der Waals surface area contributed by atoms with Gasteiger partial charge in [0.2, 0.25) is 0 Å². The standard InChI is InChI=1S/C13H21N7.3ClH.2Ni.H2O/c1-10-12(18-20-13-16-9-17-19-13)11(2)15-8-6-4-3-5-7-14-10;;;;;;/h9,12H,3-8H2,1-2H3,(H,16,17,19);3*1H;;;1H2/q;;;;+1;+2;/p-3. The second-order valence-corrected chi connectivity index (χ2v) is 6.56. The third kappa shape index (κ3) is 13.1. The van der Waals surface area contributed by atoms with Crippen molar-refractivity contribution in [2.75, 3.05) is 13.1 Å². The molecule has 0 aromatic carbocycles. The van der Waals surface area contributed by atoms with Crippen molar-refractivity contribution in [3.8, 4) is 0 Å². The molecule has 13 heteroatoms. The predicted molar refractivity (Wildman–Crippen MR) is 100 cm³/mol. The van der Waals surface area contributed by atoms with E-state index < -0.39 is 0 Å². The molecule has 1 aliphatic rings. The zero-order chi connectivity index (χ0) is 18.9. The number of aromatic nitrogens is 3. The van der Waals surface area contributed by atoms with Gasteiger partial charge in [0.15, 0.2) is 0 Å². The van der Waals surface area contributed by atoms with Crippen molar-refractivity contribution in [2.24, 2.45) is 20.2 Å². The first-order valence-electron chi connectivity index (χ1n) is 7.41. The molecular formula is C13H23Cl3N7Ni2O. The number of hydrogen-bond acceptors (Lipinski definition) is 6. The van der Waals surface area contributed by atoms with E-state index in [2.05, 4.69) is 60.2 Å². The van der Waals surface area contributed by atoms with E-state index in [0.29, 0.717) is 18.6 Å². The molecule has 26 heavy (non-hydrogen) atoms. The number of aromatic amines is 1. The normalized spacial score (nSPS) is 18.2. The average Bonchev–Trinajstić information content (AvgIpc) is 3.12. The Labute approximate surface area is 180 Å². The summed E-state index contributed by atoms with van der Waals surface area (Å²) in [6.07, 6.45) is 6.10. The Kier molecular flexibility index (Phi) is 21.2. The monoisotopic (exact) mass is 514 g/mol. The molecule has 157 valence electrons. The van der Waals surface area contributed by atoms with Crippen LogP contribution < -0.4 is 0 Å². The summed E-state index contributed by atoms with van der Waals surface area (Å²) in [6.45, 7) is 5.68. The molecule has 0 saturated carbocycles. The molecule has 2 heterocycles. The van der Waals surface area contributed by atoms with Gasteiger partial charge in [0, 0.05) is 24.5 Å². The van der Waals surface area contributed by atoms with Crippen LogP contribution >= 0.6 is 30.6 Å². The molecule has 0 spiro atoms. The number of nitrogens with zero attached hydrogens (tertiary/aromatic N) is 6. The zero-order valence-corrected chi connectivity index (χ0v) is 18.6. The molecule has 8 nitrogen and oxygen atoms in total. The van der Waals surface area contributed by atoms with Crippen LogP contribution in [0.5, 0.6) is 0 Å². The van der Waals surface area contributed by atoms with Gasteiger partial charge in [-0.15, -0.1) is 5.11 Å². The molecular weight excluding hydrogens is 494 g/mol. The van der Waals surface area contributed by atoms with Crippen LogP contribution in [-0.2, 0) is 27.2 Å². The molecule has 1 aromatic rings. The summed E-state index contributed by atoms with van der Waals surface area (Å²) in [7, 11) is 13.7. The number of hydrogen-bond donors (Lipinski definition) is 1. The minimum atomic E-state index is -0.196. The summed E-state index contributed by atoms with van der Waals surface area (Å²) < 4.78 is 0. The summed E-state index contributed by atoms with van der Waals surface area (Å²) in [5, 5.41) is 14.8. The van der Waals surface area contributed by atoms with Crippen molar-refractivity contribution >= 4 is 48.0 Å². The van der Waals surface area contributed by atoms with Crippen molar-refractivity contribution in [1.82, 2.24) is 15.2 Å². The molecule has 0 radical (unpaired) electrons. The summed E-state index contributed by atoms with van der Waals surface area (Å²) >= 11 is 3.92. The van der Waals surface area contributed by atoms with E-state index in [1.807, 2.05) is 13.8 Å². The van der Waals surface area contributed by atoms with E-state index in [-0.39, 0.29) is 11.5 Å². The molecule has 0 atom stereocenters. The van der Waals surface area contributed by atoms with Crippen LogP contribution in [0.2, 0.25) is 0 Å². The summed E-state index contributed by atoms with van der Waals surface area (Å²) in [4.78, 5) is 13.1. The van der Waals surface area contributed by atoms with Crippen molar-refractivity contribution in [2.45, 2.75) is 45.6 Å². The summed E-state index contributed by atoms with van der Waals surface area (Å²) in [5.74, 6) is 0.403. The van der Waals surface area contributed by atoms with Crippen LogP contribution in [0.3, 0.4) is 0 Å². The van der Waals surface area contributed by atoms with Crippen molar-refractivity contribution < 1.29 is 32.7 Å². The Morgan fingerprint density at radius 3 is 2.00 bits per heavy atom. The van der Waals surface area contributed by atoms with E-state index in [1.54, 1.807) is 0 Å². The van der Waals surface area contributed by atoms with Gasteiger partial charge in [0.1, 0.15) is 12.4 Å². The predicted octanol–water partition coefficient (Wildman–Crippen LogP) is 3.99. The van der Waals surface area contributed by atoms with Crippen LogP contribution in [0, 0.1) is 0 Å². The van der Waals surface area contributed by atoms with Gasteiger partial charge in [-0.3, -0.25) is 9.98 Å². The molecule has 0 saturated heterocycles. The maximum atomic E-state index is 4.70. The topological polar surface area (TPSA) is 123 Å². The van der Waals surface area contributed by atoms with Crippen LogP contribution in [0.4, 0.5) is 5.95 Å². The van der Waals surface area contributed by atoms with E-state index in [9.17, 15) is 0 Å². The quantitative estimate of drug-likeness (QED) is 0.471. The van der Waals surface area contributed by atoms with Crippen molar-refractivity contribution in [1.29, 1.82) is 0 Å². The summed E-state index contributed by atoms with van der Waals surface area (Å²) in [6, 6.07) is -0.196. The van der Waals surface area contributed by atoms with E-state index in [1.165, 1.54) is 19.2 Å². The molecule has 0 bridgehead atoms. The average molecular weight is 517 g/mol. The Morgan fingerprint density at radius 2 is 1.58 bits per heavy atom. The van der Waals surface area contributed by atoms with Gasteiger partial charge >= 0.3 is 57.8 Å². The molecule has 3 N–H and O–H groups in total. The third-order valence-corrected chi connectivity index (χ3v) is 3.25. The first-order valence-corrected chi connectivity index (χ1v) is 11.5. The fourth-order valence-corrected chi connectivity index (χ4v) is 2.09. The van der Waals surface area contributed by atoms with Gasteiger partial charge in [-0.05, 0) is 26.7 Å². The third-order valence-electron chi connectivity index (χ3n) is 3.25. The minimum absolute atomic E-state index is 0. The van der Waals surface area contributed by atoms with Gasteiger partial charge < -0.3 is 5.48 Å².